The summed E-state index contributed by atoms with van der Waals surface area (Å²) in [6.07, 6.45) is -0.601. The van der Waals surface area contributed by atoms with Gasteiger partial charge in [0.2, 0.25) is 5.95 Å². The van der Waals surface area contributed by atoms with Crippen molar-refractivity contribution in [2.45, 2.75) is 19.6 Å². The van der Waals surface area contributed by atoms with Crippen molar-refractivity contribution < 1.29 is 9.84 Å². The number of nitrogens with one attached hydrogen (secondary N) is 1. The van der Waals surface area contributed by atoms with Crippen molar-refractivity contribution in [2.24, 2.45) is 14.1 Å². The van der Waals surface area contributed by atoms with E-state index in [1.165, 1.54) is 11.6 Å². The van der Waals surface area contributed by atoms with Gasteiger partial charge < -0.3 is 15.2 Å². The number of aromatic nitrogens is 4. The molecule has 0 fully saturated rings. The molecule has 1 atom stereocenters. The minimum absolute atomic E-state index is 0.253. The maximum atomic E-state index is 12.8. The van der Waals surface area contributed by atoms with Crippen molar-refractivity contribution in [1.82, 2.24) is 18.7 Å². The minimum Gasteiger partial charge on any atom is -0.496 e. The van der Waals surface area contributed by atoms with E-state index in [2.05, 4.69) is 10.3 Å². The maximum Gasteiger partial charge on any atom is 0.332 e. The quantitative estimate of drug-likeness (QED) is 0.643. The van der Waals surface area contributed by atoms with Crippen molar-refractivity contribution in [3.8, 4) is 5.75 Å². The number of aliphatic hydroxyl groups is 1. The molecule has 9 nitrogen and oxygen atoms in total. The highest BCUT2D eigenvalue weighted by molar-refractivity contribution is 5.74. The van der Waals surface area contributed by atoms with E-state index in [1.54, 1.807) is 25.6 Å². The number of rotatable bonds is 6. The average molecular weight is 373 g/mol. The van der Waals surface area contributed by atoms with Gasteiger partial charge >= 0.3 is 5.69 Å². The van der Waals surface area contributed by atoms with Gasteiger partial charge in [-0.3, -0.25) is 18.5 Å². The van der Waals surface area contributed by atoms with Gasteiger partial charge in [0.1, 0.15) is 5.75 Å². The topological polar surface area (TPSA) is 103 Å². The molecule has 27 heavy (non-hydrogen) atoms. The van der Waals surface area contributed by atoms with Gasteiger partial charge in [0, 0.05) is 26.2 Å². The zero-order valence-electron chi connectivity index (χ0n) is 15.8. The van der Waals surface area contributed by atoms with E-state index < -0.39 is 17.4 Å². The Labute approximate surface area is 155 Å². The molecule has 3 aromatic rings. The third-order valence-electron chi connectivity index (χ3n) is 4.42. The summed E-state index contributed by atoms with van der Waals surface area (Å²) in [5, 5.41) is 12.7. The van der Waals surface area contributed by atoms with Crippen LogP contribution in [0.5, 0.6) is 5.75 Å². The fraction of sp³-hybridized carbons (Fsp3) is 0.389. The summed E-state index contributed by atoms with van der Waals surface area (Å²) in [4.78, 5) is 29.5. The van der Waals surface area contributed by atoms with Crippen LogP contribution in [0.4, 0.5) is 5.95 Å². The molecule has 0 amide bonds. The second-order valence-corrected chi connectivity index (χ2v) is 6.44. The Balaban J connectivity index is 2.25. The molecule has 0 radical (unpaired) electrons. The molecule has 3 rings (SSSR count). The summed E-state index contributed by atoms with van der Waals surface area (Å²) in [6.45, 7) is 2.22. The Hall–Kier alpha value is -3.07. The van der Waals surface area contributed by atoms with E-state index >= 15 is 0 Å². The van der Waals surface area contributed by atoms with E-state index in [9.17, 15) is 14.7 Å². The van der Waals surface area contributed by atoms with Crippen LogP contribution in [0.2, 0.25) is 0 Å². The fourth-order valence-corrected chi connectivity index (χ4v) is 2.98. The predicted molar refractivity (Wildman–Crippen MR) is 102 cm³/mol. The number of nitrogens with zero attached hydrogens (tertiary/aromatic N) is 4. The monoisotopic (exact) mass is 373 g/mol. The van der Waals surface area contributed by atoms with Crippen LogP contribution in [-0.2, 0) is 20.6 Å². The van der Waals surface area contributed by atoms with Crippen molar-refractivity contribution in [3.63, 3.8) is 0 Å². The zero-order chi connectivity index (χ0) is 19.7. The molecule has 0 aliphatic carbocycles. The number of aryl methyl sites for hydroxylation is 1. The van der Waals surface area contributed by atoms with Gasteiger partial charge in [-0.1, -0.05) is 18.2 Å². The molecule has 0 bridgehead atoms. The van der Waals surface area contributed by atoms with Crippen molar-refractivity contribution in [1.29, 1.82) is 0 Å². The molecular weight excluding hydrogens is 350 g/mol. The smallest absolute Gasteiger partial charge is 0.332 e. The SMILES string of the molecule is COc1ccccc1Cn1c(NC[C@H](C)O)nc2c1c(=O)n(C)c(=O)n2C. The van der Waals surface area contributed by atoms with Gasteiger partial charge in [0.25, 0.3) is 5.56 Å². The number of aliphatic hydroxyl groups excluding tert-OH is 1. The van der Waals surface area contributed by atoms with Gasteiger partial charge in [0.05, 0.1) is 19.8 Å². The Bertz CT molecular complexity index is 1090. The van der Waals surface area contributed by atoms with Crippen LogP contribution in [0.1, 0.15) is 12.5 Å². The molecule has 0 aliphatic rings. The highest BCUT2D eigenvalue weighted by Gasteiger charge is 2.20. The molecule has 0 spiro atoms. The van der Waals surface area contributed by atoms with Gasteiger partial charge in [-0.15, -0.1) is 0 Å². The van der Waals surface area contributed by atoms with Crippen LogP contribution in [-0.4, -0.2) is 43.6 Å². The van der Waals surface area contributed by atoms with Gasteiger partial charge in [-0.05, 0) is 13.0 Å². The summed E-state index contributed by atoms with van der Waals surface area (Å²) >= 11 is 0. The van der Waals surface area contributed by atoms with Crippen LogP contribution in [0.15, 0.2) is 33.9 Å². The molecule has 2 N–H and O–H groups in total. The summed E-state index contributed by atoms with van der Waals surface area (Å²) in [6, 6.07) is 7.48. The van der Waals surface area contributed by atoms with E-state index in [0.29, 0.717) is 23.8 Å². The zero-order valence-corrected chi connectivity index (χ0v) is 15.8. The second kappa shape index (κ2) is 7.28. The van der Waals surface area contributed by atoms with Crippen LogP contribution in [0.25, 0.3) is 11.2 Å². The lowest BCUT2D eigenvalue weighted by Gasteiger charge is -2.14. The second-order valence-electron chi connectivity index (χ2n) is 6.44. The van der Waals surface area contributed by atoms with Crippen LogP contribution in [0, 0.1) is 0 Å². The number of hydrogen-bond donors (Lipinski definition) is 2. The summed E-state index contributed by atoms with van der Waals surface area (Å²) in [5.74, 6) is 1.08. The average Bonchev–Trinajstić information content (AvgIpc) is 3.02. The Morgan fingerprint density at radius 2 is 1.93 bits per heavy atom. The number of fused-ring (bicyclic) bond motifs is 1. The first-order valence-electron chi connectivity index (χ1n) is 8.55. The maximum absolute atomic E-state index is 12.8. The Morgan fingerprint density at radius 1 is 1.22 bits per heavy atom. The molecule has 0 aliphatic heterocycles. The van der Waals surface area contributed by atoms with E-state index in [1.807, 2.05) is 24.3 Å². The van der Waals surface area contributed by atoms with E-state index in [4.69, 9.17) is 4.74 Å². The van der Waals surface area contributed by atoms with Crippen LogP contribution in [0.3, 0.4) is 0 Å². The molecule has 9 heteroatoms. The molecule has 0 saturated carbocycles. The van der Waals surface area contributed by atoms with Crippen molar-refractivity contribution >= 4 is 17.1 Å². The first-order valence-corrected chi connectivity index (χ1v) is 8.55. The van der Waals surface area contributed by atoms with Crippen LogP contribution < -0.4 is 21.3 Å². The Morgan fingerprint density at radius 3 is 2.59 bits per heavy atom. The number of para-hydroxylation sites is 1. The molecule has 1 aromatic carbocycles. The van der Waals surface area contributed by atoms with Crippen LogP contribution >= 0.6 is 0 Å². The highest BCUT2D eigenvalue weighted by Crippen LogP contribution is 2.23. The van der Waals surface area contributed by atoms with Crippen molar-refractivity contribution in [2.75, 3.05) is 19.0 Å². The highest BCUT2D eigenvalue weighted by atomic mass is 16.5. The lowest BCUT2D eigenvalue weighted by molar-refractivity contribution is 0.208. The molecular formula is C18H23N5O4. The predicted octanol–water partition coefficient (Wildman–Crippen LogP) is 0.283. The molecule has 2 heterocycles. The minimum atomic E-state index is -0.601. The number of benzene rings is 1. The van der Waals surface area contributed by atoms with E-state index in [-0.39, 0.29) is 12.2 Å². The first kappa shape index (κ1) is 18.7. The molecule has 0 unspecified atom stereocenters. The summed E-state index contributed by atoms with van der Waals surface area (Å²) in [7, 11) is 4.59. The lowest BCUT2D eigenvalue weighted by atomic mass is 10.2. The van der Waals surface area contributed by atoms with Gasteiger partial charge in [0.15, 0.2) is 11.2 Å². The first-order chi connectivity index (χ1) is 12.8. The number of ether oxygens (including phenoxy) is 1. The largest absolute Gasteiger partial charge is 0.496 e. The number of anilines is 1. The summed E-state index contributed by atoms with van der Waals surface area (Å²) in [5.41, 5.74) is 0.567. The lowest BCUT2D eigenvalue weighted by Crippen LogP contribution is -2.37. The number of imidazole rings is 1. The van der Waals surface area contributed by atoms with E-state index in [0.717, 1.165) is 10.1 Å². The molecule has 2 aromatic heterocycles. The van der Waals surface area contributed by atoms with Gasteiger partial charge in [-0.25, -0.2) is 4.79 Å². The number of methoxy groups -OCH3 is 1. The normalized spacial score (nSPS) is 12.3. The van der Waals surface area contributed by atoms with Gasteiger partial charge in [-0.2, -0.15) is 4.98 Å². The Kier molecular flexibility index (Phi) is 5.04. The standard InChI is InChI=1S/C18H23N5O4/c1-11(24)9-19-17-20-15-14(16(25)22(3)18(26)21(15)2)23(17)10-12-7-5-6-8-13(12)27-4/h5-8,11,24H,9-10H2,1-4H3,(H,19,20)/t11-/m0/s1. The molecule has 144 valence electrons. The fourth-order valence-electron chi connectivity index (χ4n) is 2.98. The number of hydrogen-bond acceptors (Lipinski definition) is 6. The van der Waals surface area contributed by atoms with Crippen molar-refractivity contribution in [3.05, 3.63) is 50.7 Å². The third kappa shape index (κ3) is 3.33. The third-order valence-corrected chi connectivity index (χ3v) is 4.42. The summed E-state index contributed by atoms with van der Waals surface area (Å²) < 4.78 is 9.51. The molecule has 0 saturated heterocycles.